The van der Waals surface area contributed by atoms with Crippen molar-refractivity contribution < 1.29 is 9.59 Å². The van der Waals surface area contributed by atoms with Gasteiger partial charge in [0.15, 0.2) is 6.29 Å². The van der Waals surface area contributed by atoms with E-state index in [1.807, 2.05) is 19.9 Å². The zero-order chi connectivity index (χ0) is 21.1. The van der Waals surface area contributed by atoms with E-state index < -0.39 is 17.4 Å². The normalized spacial score (nSPS) is 18.4. The minimum absolute atomic E-state index is 0.398. The largest absolute Gasteiger partial charge is 0.353 e. The number of carbonyl (C=O) groups excluding carboxylic acids is 2. The van der Waals surface area contributed by atoms with Gasteiger partial charge in [-0.05, 0) is 43.5 Å². The van der Waals surface area contributed by atoms with E-state index >= 15 is 0 Å². The predicted molar refractivity (Wildman–Crippen MR) is 121 cm³/mol. The average molecular weight is 442 g/mol. The zero-order valence-corrected chi connectivity index (χ0v) is 18.4. The summed E-state index contributed by atoms with van der Waals surface area (Å²) in [5, 5.41) is 8.48. The molecule has 0 spiro atoms. The molecule has 156 valence electrons. The maximum atomic E-state index is 11.8. The van der Waals surface area contributed by atoms with E-state index in [4.69, 9.17) is 0 Å². The summed E-state index contributed by atoms with van der Waals surface area (Å²) in [6.07, 6.45) is 2.16. The Hall–Kier alpha value is -2.46. The quantitative estimate of drug-likeness (QED) is 0.410. The number of hydrogen-bond acceptors (Lipinski definition) is 9. The molecule has 9 heteroatoms. The summed E-state index contributed by atoms with van der Waals surface area (Å²) in [5.74, 6) is 0.161. The maximum Gasteiger partial charge on any atom is 0.223 e. The summed E-state index contributed by atoms with van der Waals surface area (Å²) in [6, 6.07) is 9.83. The fourth-order valence-electron chi connectivity index (χ4n) is 3.63. The zero-order valence-electron chi connectivity index (χ0n) is 16.8. The summed E-state index contributed by atoms with van der Waals surface area (Å²) in [5.41, 5.74) is 0.456. The number of thiophene rings is 2. The lowest BCUT2D eigenvalue weighted by atomic mass is 9.92. The molecule has 1 unspecified atom stereocenters. The highest BCUT2D eigenvalue weighted by atomic mass is 32.1. The van der Waals surface area contributed by atoms with Crippen LogP contribution in [-0.2, 0) is 9.59 Å². The molecular weight excluding hydrogens is 418 g/mol. The first kappa shape index (κ1) is 20.8. The Morgan fingerprint density at radius 2 is 2.13 bits per heavy atom. The molecule has 0 aliphatic carbocycles. The van der Waals surface area contributed by atoms with Crippen molar-refractivity contribution in [1.29, 1.82) is 0 Å². The first-order valence-corrected chi connectivity index (χ1v) is 11.4. The third kappa shape index (κ3) is 4.20. The lowest BCUT2D eigenvalue weighted by molar-refractivity contribution is -0.132. The van der Waals surface area contributed by atoms with E-state index in [-0.39, 0.29) is 0 Å². The Labute approximate surface area is 183 Å². The van der Waals surface area contributed by atoms with Gasteiger partial charge in [-0.3, -0.25) is 19.8 Å². The van der Waals surface area contributed by atoms with Crippen molar-refractivity contribution in [2.75, 3.05) is 25.1 Å². The molecule has 7 nitrogen and oxygen atoms in total. The van der Waals surface area contributed by atoms with E-state index in [1.165, 1.54) is 9.75 Å². The molecule has 0 aromatic carbocycles. The van der Waals surface area contributed by atoms with Gasteiger partial charge < -0.3 is 5.32 Å². The second-order valence-corrected chi connectivity index (χ2v) is 9.60. The Balaban J connectivity index is 1.38. The molecule has 3 aromatic heterocycles. The Morgan fingerprint density at radius 3 is 2.90 bits per heavy atom. The van der Waals surface area contributed by atoms with Gasteiger partial charge in [0.25, 0.3) is 0 Å². The highest BCUT2D eigenvalue weighted by Crippen LogP contribution is 2.35. The fraction of sp³-hybridized carbons (Fsp3) is 0.333. The van der Waals surface area contributed by atoms with E-state index in [2.05, 4.69) is 55.1 Å². The van der Waals surface area contributed by atoms with E-state index in [1.54, 1.807) is 28.9 Å². The number of nitrogens with one attached hydrogen (secondary N) is 2. The van der Waals surface area contributed by atoms with Crippen molar-refractivity contribution in [3.05, 3.63) is 41.9 Å². The van der Waals surface area contributed by atoms with Gasteiger partial charge in [-0.25, -0.2) is 9.97 Å². The average Bonchev–Trinajstić information content (AvgIpc) is 3.48. The SMILES string of the molecule is CC1(C)C(C(=O)C=O)NCN1CCNc1nccc(-c2ccc(-c3cccs3)s2)n1. The Kier molecular flexibility index (Phi) is 6.05. The van der Waals surface area contributed by atoms with Crippen LogP contribution in [0.2, 0.25) is 0 Å². The standard InChI is InChI=1S/C21H23N5O2S2/c1-21(2)19(15(28)12-27)24-13-26(21)10-9-23-20-22-8-7-14(25-20)16-5-6-18(30-16)17-4-3-11-29-17/h3-8,11-12,19,24H,9-10,13H2,1-2H3,(H,22,23,25). The molecule has 2 N–H and O–H groups in total. The minimum atomic E-state index is -0.481. The topological polar surface area (TPSA) is 87.2 Å². The van der Waals surface area contributed by atoms with Gasteiger partial charge in [0.05, 0.1) is 16.6 Å². The molecule has 1 saturated heterocycles. The lowest BCUT2D eigenvalue weighted by Crippen LogP contribution is -2.51. The van der Waals surface area contributed by atoms with Crippen LogP contribution >= 0.6 is 22.7 Å². The molecule has 0 amide bonds. The van der Waals surface area contributed by atoms with Crippen LogP contribution in [0, 0.1) is 0 Å². The molecule has 4 heterocycles. The highest BCUT2D eigenvalue weighted by molar-refractivity contribution is 7.23. The van der Waals surface area contributed by atoms with Crippen LogP contribution in [0.4, 0.5) is 5.95 Å². The molecule has 30 heavy (non-hydrogen) atoms. The Bertz CT molecular complexity index is 1030. The summed E-state index contributed by atoms with van der Waals surface area (Å²) < 4.78 is 0. The van der Waals surface area contributed by atoms with Crippen LogP contribution in [0.5, 0.6) is 0 Å². The number of anilines is 1. The van der Waals surface area contributed by atoms with E-state index in [9.17, 15) is 9.59 Å². The van der Waals surface area contributed by atoms with Crippen molar-refractivity contribution in [3.63, 3.8) is 0 Å². The van der Waals surface area contributed by atoms with Crippen molar-refractivity contribution in [3.8, 4) is 20.3 Å². The van der Waals surface area contributed by atoms with E-state index in [0.717, 1.165) is 10.6 Å². The number of carbonyl (C=O) groups is 2. The molecule has 4 rings (SSSR count). The summed E-state index contributed by atoms with van der Waals surface area (Å²) >= 11 is 3.45. The van der Waals surface area contributed by atoms with Crippen LogP contribution in [-0.4, -0.2) is 58.3 Å². The van der Waals surface area contributed by atoms with Crippen molar-refractivity contribution in [1.82, 2.24) is 20.2 Å². The first-order valence-electron chi connectivity index (χ1n) is 9.67. The van der Waals surface area contributed by atoms with E-state index in [0.29, 0.717) is 32.0 Å². The third-order valence-corrected chi connectivity index (χ3v) is 7.52. The van der Waals surface area contributed by atoms with Gasteiger partial charge >= 0.3 is 0 Å². The number of ketones is 1. The van der Waals surface area contributed by atoms with Crippen LogP contribution in [0.25, 0.3) is 20.3 Å². The second kappa shape index (κ2) is 8.73. The lowest BCUT2D eigenvalue weighted by Gasteiger charge is -2.33. The predicted octanol–water partition coefficient (Wildman–Crippen LogP) is 3.12. The minimum Gasteiger partial charge on any atom is -0.353 e. The van der Waals surface area contributed by atoms with Crippen LogP contribution in [0.3, 0.4) is 0 Å². The monoisotopic (exact) mass is 441 g/mol. The number of aromatic nitrogens is 2. The number of nitrogens with zero attached hydrogens (tertiary/aromatic N) is 3. The molecule has 1 fully saturated rings. The highest BCUT2D eigenvalue weighted by Gasteiger charge is 2.44. The van der Waals surface area contributed by atoms with Crippen LogP contribution in [0.15, 0.2) is 41.9 Å². The van der Waals surface area contributed by atoms with Gasteiger partial charge in [0.2, 0.25) is 11.7 Å². The molecule has 0 radical (unpaired) electrons. The fourth-order valence-corrected chi connectivity index (χ4v) is 5.44. The molecular formula is C21H23N5O2S2. The van der Waals surface area contributed by atoms with Gasteiger partial charge in [0, 0.05) is 41.2 Å². The Morgan fingerprint density at radius 1 is 1.30 bits per heavy atom. The van der Waals surface area contributed by atoms with Crippen molar-refractivity contribution >= 4 is 40.7 Å². The molecule has 0 saturated carbocycles. The third-order valence-electron chi connectivity index (χ3n) is 5.35. The maximum absolute atomic E-state index is 11.8. The number of rotatable bonds is 8. The van der Waals surface area contributed by atoms with Gasteiger partial charge in [-0.15, -0.1) is 22.7 Å². The molecule has 0 bridgehead atoms. The number of hydrogen-bond donors (Lipinski definition) is 2. The van der Waals surface area contributed by atoms with Crippen molar-refractivity contribution in [2.24, 2.45) is 0 Å². The molecule has 1 aliphatic heterocycles. The van der Waals surface area contributed by atoms with Gasteiger partial charge in [0.1, 0.15) is 0 Å². The van der Waals surface area contributed by atoms with Crippen LogP contribution in [0.1, 0.15) is 13.8 Å². The number of aldehydes is 1. The molecule has 3 aromatic rings. The van der Waals surface area contributed by atoms with Gasteiger partial charge in [-0.2, -0.15) is 0 Å². The van der Waals surface area contributed by atoms with Gasteiger partial charge in [-0.1, -0.05) is 6.07 Å². The summed E-state index contributed by atoms with van der Waals surface area (Å²) in [7, 11) is 0. The number of Topliss-reactive ketones (excluding diaryl/α,β-unsaturated/α-hetero) is 1. The first-order chi connectivity index (χ1) is 14.5. The van der Waals surface area contributed by atoms with Crippen LogP contribution < -0.4 is 10.6 Å². The smallest absolute Gasteiger partial charge is 0.223 e. The van der Waals surface area contributed by atoms with Crippen molar-refractivity contribution in [2.45, 2.75) is 25.4 Å². The molecule has 1 aliphatic rings. The summed E-state index contributed by atoms with van der Waals surface area (Å²) in [4.78, 5) is 37.4. The summed E-state index contributed by atoms with van der Waals surface area (Å²) in [6.45, 7) is 5.82. The second-order valence-electron chi connectivity index (χ2n) is 7.57. The molecule has 1 atom stereocenters.